The molecule has 1 saturated carbocycles. The maximum absolute atomic E-state index is 12.2. The molecule has 0 aromatic heterocycles. The van der Waals surface area contributed by atoms with Gasteiger partial charge in [0.2, 0.25) is 0 Å². The van der Waals surface area contributed by atoms with Crippen LogP contribution < -0.4 is 21.3 Å². The third-order valence-electron chi connectivity index (χ3n) is 7.47. The van der Waals surface area contributed by atoms with E-state index in [1.165, 1.54) is 31.4 Å². The van der Waals surface area contributed by atoms with Crippen molar-refractivity contribution in [3.05, 3.63) is 34.8 Å². The molecular weight excluding hydrogens is 456 g/mol. The van der Waals surface area contributed by atoms with Crippen LogP contribution in [0, 0.1) is 23.7 Å². The second-order valence-electron chi connectivity index (χ2n) is 10.3. The molecule has 9 heteroatoms. The summed E-state index contributed by atoms with van der Waals surface area (Å²) in [6.07, 6.45) is 12.6. The summed E-state index contributed by atoms with van der Waals surface area (Å²) in [5.74, 6) is 1.89. The van der Waals surface area contributed by atoms with Gasteiger partial charge >= 0.3 is 6.03 Å². The molecule has 36 heavy (non-hydrogen) atoms. The molecule has 0 radical (unpaired) electrons. The zero-order chi connectivity index (χ0) is 25.5. The molecule has 4 rings (SSSR count). The van der Waals surface area contributed by atoms with Crippen LogP contribution in [0.3, 0.4) is 0 Å². The highest BCUT2D eigenvalue weighted by molar-refractivity contribution is 6.12. The number of rotatable bonds is 7. The number of carbonyl (C=O) groups excluding carboxylic acids is 2. The van der Waals surface area contributed by atoms with Crippen molar-refractivity contribution in [2.45, 2.75) is 52.4 Å². The van der Waals surface area contributed by atoms with Gasteiger partial charge in [0, 0.05) is 62.7 Å². The van der Waals surface area contributed by atoms with Gasteiger partial charge in [-0.1, -0.05) is 20.3 Å². The smallest absolute Gasteiger partial charge is 0.326 e. The number of amidine groups is 1. The van der Waals surface area contributed by atoms with Crippen molar-refractivity contribution in [2.75, 3.05) is 33.4 Å². The number of ether oxygens (including phenoxy) is 1. The molecular formula is C27H40N6O3. The van der Waals surface area contributed by atoms with Gasteiger partial charge in [0.15, 0.2) is 0 Å². The van der Waals surface area contributed by atoms with E-state index >= 15 is 0 Å². The van der Waals surface area contributed by atoms with Crippen molar-refractivity contribution in [1.29, 1.82) is 0 Å². The fraction of sp³-hybridized carbons (Fsp3) is 0.630. The summed E-state index contributed by atoms with van der Waals surface area (Å²) in [4.78, 5) is 33.2. The van der Waals surface area contributed by atoms with Crippen molar-refractivity contribution in [3.8, 4) is 0 Å². The molecule has 0 unspecified atom stereocenters. The molecule has 0 bridgehead atoms. The lowest BCUT2D eigenvalue weighted by Crippen LogP contribution is -2.31. The molecule has 0 spiro atoms. The van der Waals surface area contributed by atoms with Gasteiger partial charge < -0.3 is 20.7 Å². The van der Waals surface area contributed by atoms with E-state index in [1.54, 1.807) is 19.3 Å². The first kappa shape index (κ1) is 26.1. The van der Waals surface area contributed by atoms with Crippen molar-refractivity contribution < 1.29 is 14.3 Å². The summed E-state index contributed by atoms with van der Waals surface area (Å²) in [6.45, 7) is 7.85. The summed E-state index contributed by atoms with van der Waals surface area (Å²) in [5.41, 5.74) is 2.91. The summed E-state index contributed by atoms with van der Waals surface area (Å²) in [7, 11) is 1.69. The highest BCUT2D eigenvalue weighted by Crippen LogP contribution is 2.33. The molecule has 0 aromatic rings. The zero-order valence-corrected chi connectivity index (χ0v) is 21.7. The van der Waals surface area contributed by atoms with E-state index in [1.807, 2.05) is 0 Å². The van der Waals surface area contributed by atoms with Crippen LogP contribution in [0.4, 0.5) is 4.79 Å². The molecule has 3 heterocycles. The largest absolute Gasteiger partial charge is 0.388 e. The molecule has 3 aliphatic heterocycles. The van der Waals surface area contributed by atoms with Crippen LogP contribution in [0.25, 0.3) is 0 Å². The van der Waals surface area contributed by atoms with Crippen LogP contribution in [0.5, 0.6) is 0 Å². The van der Waals surface area contributed by atoms with E-state index in [9.17, 15) is 9.59 Å². The molecule has 3 fully saturated rings. The number of nitrogens with zero attached hydrogens (tertiary/aromatic N) is 2. The minimum Gasteiger partial charge on any atom is -0.388 e. The van der Waals surface area contributed by atoms with E-state index in [0.717, 1.165) is 56.6 Å². The van der Waals surface area contributed by atoms with Gasteiger partial charge in [0.25, 0.3) is 5.91 Å². The topological polar surface area (TPSA) is 116 Å². The van der Waals surface area contributed by atoms with Gasteiger partial charge in [-0.2, -0.15) is 0 Å². The Bertz CT molecular complexity index is 983. The van der Waals surface area contributed by atoms with Crippen LogP contribution in [0.1, 0.15) is 52.4 Å². The van der Waals surface area contributed by atoms with E-state index < -0.39 is 11.9 Å². The minimum atomic E-state index is -0.520. The maximum Gasteiger partial charge on any atom is 0.326 e. The van der Waals surface area contributed by atoms with Crippen LogP contribution in [-0.2, 0) is 9.53 Å². The first-order valence-corrected chi connectivity index (χ1v) is 13.3. The Morgan fingerprint density at radius 2 is 1.83 bits per heavy atom. The first-order chi connectivity index (χ1) is 17.4. The summed E-state index contributed by atoms with van der Waals surface area (Å²) in [5, 5.41) is 12.2. The standard InChI is InChI=1S/C27H40N6O3/c1-17-18(2)25(21(16-28-3)12-23-26(34)33-27(35)31-23)32-24(13-22(17)29-14-20-7-8-20)30-15-19-6-4-5-10-36-11-9-19/h12-13,16-20,29H,4-11,14-15H2,1-3H3,(H,30,32)(H2,31,33,34,35)/b23-12-,25-21+,28-16-/t17-,18+,19+/m0/s1. The highest BCUT2D eigenvalue weighted by atomic mass is 16.5. The normalized spacial score (nSPS) is 30.1. The van der Waals surface area contributed by atoms with Gasteiger partial charge in [-0.15, -0.1) is 0 Å². The summed E-state index contributed by atoms with van der Waals surface area (Å²) < 4.78 is 5.71. The summed E-state index contributed by atoms with van der Waals surface area (Å²) >= 11 is 0. The highest BCUT2D eigenvalue weighted by Gasteiger charge is 2.29. The second kappa shape index (κ2) is 12.3. The Morgan fingerprint density at radius 3 is 2.56 bits per heavy atom. The Morgan fingerprint density at radius 1 is 1.06 bits per heavy atom. The third kappa shape index (κ3) is 7.06. The van der Waals surface area contributed by atoms with Crippen LogP contribution in [0.2, 0.25) is 0 Å². The number of carbonyl (C=O) groups is 2. The minimum absolute atomic E-state index is 0.0575. The molecule has 0 aromatic carbocycles. The molecule has 4 N–H and O–H groups in total. The quantitative estimate of drug-likeness (QED) is 0.246. The number of imide groups is 1. The van der Waals surface area contributed by atoms with Crippen LogP contribution in [0.15, 0.2) is 44.8 Å². The Labute approximate surface area is 214 Å². The number of allylic oxidation sites excluding steroid dienone is 4. The molecule has 1 aliphatic carbocycles. The van der Waals surface area contributed by atoms with Gasteiger partial charge in [-0.05, 0) is 56.1 Å². The molecule has 3 atom stereocenters. The molecule has 2 saturated heterocycles. The predicted octanol–water partition coefficient (Wildman–Crippen LogP) is 3.03. The van der Waals surface area contributed by atoms with Crippen molar-refractivity contribution in [3.63, 3.8) is 0 Å². The predicted molar refractivity (Wildman–Crippen MR) is 142 cm³/mol. The van der Waals surface area contributed by atoms with Crippen molar-refractivity contribution in [2.24, 2.45) is 33.7 Å². The molecule has 196 valence electrons. The number of urea groups is 1. The molecule has 4 aliphatic rings. The van der Waals surface area contributed by atoms with Gasteiger partial charge in [-0.3, -0.25) is 15.1 Å². The van der Waals surface area contributed by atoms with E-state index in [-0.39, 0.29) is 17.5 Å². The SMILES string of the molecule is C\N=C/C(/C=C1\NC(=O)NC1=O)=C1/N=C(NC[C@@H]2CCCCOCC2)C=C(NCC2CC2)[C@@H](C)[C@H]1C. The summed E-state index contributed by atoms with van der Waals surface area (Å²) in [6, 6.07) is -0.520. The van der Waals surface area contributed by atoms with Crippen LogP contribution >= 0.6 is 0 Å². The zero-order valence-electron chi connectivity index (χ0n) is 21.7. The Hall–Kier alpha value is -2.94. The van der Waals surface area contributed by atoms with E-state index in [0.29, 0.717) is 11.5 Å². The van der Waals surface area contributed by atoms with Gasteiger partial charge in [0.1, 0.15) is 11.5 Å². The number of nitrogens with one attached hydrogen (secondary N) is 4. The second-order valence-corrected chi connectivity index (χ2v) is 10.3. The van der Waals surface area contributed by atoms with Gasteiger partial charge in [-0.25, -0.2) is 9.79 Å². The fourth-order valence-corrected chi connectivity index (χ4v) is 4.80. The Balaban J connectivity index is 1.64. The lowest BCUT2D eigenvalue weighted by atomic mass is 9.88. The number of aliphatic imine (C=N–C) groups is 2. The molecule has 3 amide bonds. The van der Waals surface area contributed by atoms with Gasteiger partial charge in [0.05, 0.1) is 5.70 Å². The Kier molecular flexibility index (Phi) is 8.96. The van der Waals surface area contributed by atoms with Crippen molar-refractivity contribution >= 4 is 24.0 Å². The third-order valence-corrected chi connectivity index (χ3v) is 7.47. The van der Waals surface area contributed by atoms with E-state index in [4.69, 9.17) is 9.73 Å². The fourth-order valence-electron chi connectivity index (χ4n) is 4.80. The number of hydrogen-bond acceptors (Lipinski definition) is 7. The average molecular weight is 497 g/mol. The average Bonchev–Trinajstić information content (AvgIpc) is 3.61. The lowest BCUT2D eigenvalue weighted by molar-refractivity contribution is -0.115. The molecule has 9 nitrogen and oxygen atoms in total. The monoisotopic (exact) mass is 496 g/mol. The maximum atomic E-state index is 12.2. The van der Waals surface area contributed by atoms with Crippen LogP contribution in [-0.4, -0.2) is 57.3 Å². The lowest BCUT2D eigenvalue weighted by Gasteiger charge is -2.23. The first-order valence-electron chi connectivity index (χ1n) is 13.3. The van der Waals surface area contributed by atoms with Crippen molar-refractivity contribution in [1.82, 2.24) is 21.3 Å². The number of amides is 3. The number of hydrogen-bond donors (Lipinski definition) is 4. The van der Waals surface area contributed by atoms with E-state index in [2.05, 4.69) is 46.2 Å².